The number of methoxy groups -OCH3 is 3. The molecule has 0 unspecified atom stereocenters. The second-order valence-corrected chi connectivity index (χ2v) is 5.28. The average molecular weight is 336 g/mol. The number of carbonyl (C=O) groups is 1. The average Bonchev–Trinajstić information content (AvgIpc) is 2.57. The zero-order chi connectivity index (χ0) is 17.1. The molecule has 0 aliphatic rings. The molecule has 0 atom stereocenters. The molecule has 0 heterocycles. The van der Waals surface area contributed by atoms with Crippen molar-refractivity contribution in [3.05, 3.63) is 46.0 Å². The molecule has 2 aromatic carbocycles. The Labute approximate surface area is 139 Å². The summed E-state index contributed by atoms with van der Waals surface area (Å²) in [5.41, 5.74) is 7.81. The van der Waals surface area contributed by atoms with Crippen molar-refractivity contribution < 1.29 is 19.0 Å². The first-order chi connectivity index (χ1) is 10.9. The highest BCUT2D eigenvalue weighted by atomic mass is 35.5. The normalized spacial score (nSPS) is 10.3. The minimum absolute atomic E-state index is 0.204. The Morgan fingerprint density at radius 1 is 1.04 bits per heavy atom. The largest absolute Gasteiger partial charge is 0.493 e. The van der Waals surface area contributed by atoms with Crippen molar-refractivity contribution in [1.82, 2.24) is 0 Å². The third-order valence-corrected chi connectivity index (χ3v) is 3.96. The Morgan fingerprint density at radius 2 is 1.61 bits per heavy atom. The predicted octanol–water partition coefficient (Wildman–Crippen LogP) is 3.49. The van der Waals surface area contributed by atoms with Gasteiger partial charge in [-0.1, -0.05) is 11.6 Å². The number of nitrogens with two attached hydrogens (primary N) is 1. The Kier molecular flexibility index (Phi) is 5.01. The van der Waals surface area contributed by atoms with Gasteiger partial charge in [-0.3, -0.25) is 4.79 Å². The highest BCUT2D eigenvalue weighted by molar-refractivity contribution is 6.33. The highest BCUT2D eigenvalue weighted by Crippen LogP contribution is 2.39. The van der Waals surface area contributed by atoms with Crippen molar-refractivity contribution in [2.45, 2.75) is 6.92 Å². The van der Waals surface area contributed by atoms with E-state index < -0.39 is 0 Å². The third-order valence-electron chi connectivity index (χ3n) is 3.63. The van der Waals surface area contributed by atoms with E-state index in [-0.39, 0.29) is 5.78 Å². The maximum atomic E-state index is 12.8. The van der Waals surface area contributed by atoms with Gasteiger partial charge in [-0.05, 0) is 36.8 Å². The molecular weight excluding hydrogens is 318 g/mol. The molecule has 0 saturated carbocycles. The lowest BCUT2D eigenvalue weighted by molar-refractivity contribution is 0.103. The van der Waals surface area contributed by atoms with Crippen LogP contribution in [0.2, 0.25) is 5.02 Å². The van der Waals surface area contributed by atoms with E-state index in [4.69, 9.17) is 31.5 Å². The molecule has 23 heavy (non-hydrogen) atoms. The van der Waals surface area contributed by atoms with Crippen LogP contribution < -0.4 is 19.9 Å². The fourth-order valence-electron chi connectivity index (χ4n) is 2.31. The first kappa shape index (κ1) is 17.0. The molecule has 5 nitrogen and oxygen atoms in total. The van der Waals surface area contributed by atoms with Gasteiger partial charge in [-0.15, -0.1) is 0 Å². The summed E-state index contributed by atoms with van der Waals surface area (Å²) in [6, 6.07) is 6.47. The van der Waals surface area contributed by atoms with Crippen LogP contribution >= 0.6 is 11.6 Å². The smallest absolute Gasteiger partial charge is 0.203 e. The van der Waals surface area contributed by atoms with E-state index in [2.05, 4.69) is 0 Å². The van der Waals surface area contributed by atoms with Gasteiger partial charge in [0.1, 0.15) is 0 Å². The monoisotopic (exact) mass is 335 g/mol. The van der Waals surface area contributed by atoms with E-state index in [1.165, 1.54) is 21.3 Å². The highest BCUT2D eigenvalue weighted by Gasteiger charge is 2.20. The lowest BCUT2D eigenvalue weighted by Gasteiger charge is -2.14. The van der Waals surface area contributed by atoms with Crippen LogP contribution in [0, 0.1) is 6.92 Å². The second-order valence-electron chi connectivity index (χ2n) is 4.88. The molecule has 0 aromatic heterocycles. The van der Waals surface area contributed by atoms with Gasteiger partial charge in [0.05, 0.1) is 32.0 Å². The number of rotatable bonds is 5. The Balaban J connectivity index is 2.58. The number of halogens is 1. The van der Waals surface area contributed by atoms with Crippen molar-refractivity contribution in [3.63, 3.8) is 0 Å². The van der Waals surface area contributed by atoms with Crippen LogP contribution in [0.5, 0.6) is 17.2 Å². The maximum Gasteiger partial charge on any atom is 0.203 e. The maximum absolute atomic E-state index is 12.8. The van der Waals surface area contributed by atoms with Crippen LogP contribution in [0.1, 0.15) is 21.5 Å². The molecule has 0 fully saturated rings. The van der Waals surface area contributed by atoms with E-state index in [0.717, 1.165) is 0 Å². The van der Waals surface area contributed by atoms with Crippen LogP contribution in [-0.2, 0) is 0 Å². The number of ketones is 1. The summed E-state index contributed by atoms with van der Waals surface area (Å²) in [4.78, 5) is 12.8. The lowest BCUT2D eigenvalue weighted by Crippen LogP contribution is -2.07. The summed E-state index contributed by atoms with van der Waals surface area (Å²) in [5.74, 6) is 1.05. The van der Waals surface area contributed by atoms with Gasteiger partial charge in [0.25, 0.3) is 0 Å². The summed E-state index contributed by atoms with van der Waals surface area (Å²) in [6.45, 7) is 1.76. The number of hydrogen-bond acceptors (Lipinski definition) is 5. The molecule has 0 aliphatic heterocycles. The topological polar surface area (TPSA) is 70.8 Å². The summed E-state index contributed by atoms with van der Waals surface area (Å²) < 4.78 is 15.8. The molecule has 0 bridgehead atoms. The molecule has 122 valence electrons. The molecule has 2 N–H and O–H groups in total. The van der Waals surface area contributed by atoms with E-state index in [1.807, 2.05) is 0 Å². The van der Waals surface area contributed by atoms with E-state index in [1.54, 1.807) is 31.2 Å². The number of anilines is 1. The molecule has 0 saturated heterocycles. The molecule has 2 aromatic rings. The molecule has 0 spiro atoms. The van der Waals surface area contributed by atoms with Crippen molar-refractivity contribution in [3.8, 4) is 17.2 Å². The predicted molar refractivity (Wildman–Crippen MR) is 90.1 cm³/mol. The van der Waals surface area contributed by atoms with Gasteiger partial charge in [0.2, 0.25) is 5.75 Å². The van der Waals surface area contributed by atoms with Crippen molar-refractivity contribution >= 4 is 23.1 Å². The second kappa shape index (κ2) is 6.79. The molecule has 0 aliphatic carbocycles. The number of hydrogen-bond donors (Lipinski definition) is 1. The molecular formula is C17H18ClNO4. The summed E-state index contributed by atoms with van der Waals surface area (Å²) >= 11 is 5.98. The Bertz CT molecular complexity index is 733. The van der Waals surface area contributed by atoms with E-state index in [9.17, 15) is 4.79 Å². The minimum Gasteiger partial charge on any atom is -0.493 e. The van der Waals surface area contributed by atoms with Gasteiger partial charge in [0.15, 0.2) is 17.3 Å². The number of ether oxygens (including phenoxy) is 3. The van der Waals surface area contributed by atoms with Gasteiger partial charge >= 0.3 is 0 Å². The molecule has 0 radical (unpaired) electrons. The fourth-order valence-corrected chi connectivity index (χ4v) is 2.51. The van der Waals surface area contributed by atoms with Crippen molar-refractivity contribution in [1.29, 1.82) is 0 Å². The first-order valence-corrected chi connectivity index (χ1v) is 7.21. The lowest BCUT2D eigenvalue weighted by atomic mass is 9.97. The van der Waals surface area contributed by atoms with Crippen molar-refractivity contribution in [2.24, 2.45) is 0 Å². The number of nitrogen functional groups attached to an aromatic ring is 1. The van der Waals surface area contributed by atoms with Crippen LogP contribution in [0.15, 0.2) is 24.3 Å². The van der Waals surface area contributed by atoms with Crippen LogP contribution in [0.4, 0.5) is 5.69 Å². The summed E-state index contributed by atoms with van der Waals surface area (Å²) in [5, 5.41) is 0.420. The molecule has 0 amide bonds. The van der Waals surface area contributed by atoms with Crippen LogP contribution in [-0.4, -0.2) is 27.1 Å². The van der Waals surface area contributed by atoms with Gasteiger partial charge < -0.3 is 19.9 Å². The quantitative estimate of drug-likeness (QED) is 0.669. The third kappa shape index (κ3) is 3.05. The van der Waals surface area contributed by atoms with Crippen LogP contribution in [0.25, 0.3) is 0 Å². The minimum atomic E-state index is -0.204. The van der Waals surface area contributed by atoms with Gasteiger partial charge in [-0.2, -0.15) is 0 Å². The molecule has 6 heteroatoms. The zero-order valence-corrected chi connectivity index (χ0v) is 14.2. The molecule has 2 rings (SSSR count). The standard InChI is InChI=1S/C17H18ClNO4/c1-9-11(5-6-12(18)15(9)19)16(20)10-7-13(21-2)17(23-4)14(8-10)22-3/h5-8H,19H2,1-4H3. The van der Waals surface area contributed by atoms with E-state index >= 15 is 0 Å². The van der Waals surface area contributed by atoms with E-state index in [0.29, 0.717) is 44.6 Å². The van der Waals surface area contributed by atoms with Gasteiger partial charge in [-0.25, -0.2) is 0 Å². The Hall–Kier alpha value is -2.40. The summed E-state index contributed by atoms with van der Waals surface area (Å²) in [6.07, 6.45) is 0. The van der Waals surface area contributed by atoms with Gasteiger partial charge in [0, 0.05) is 11.1 Å². The Morgan fingerprint density at radius 3 is 2.09 bits per heavy atom. The summed E-state index contributed by atoms with van der Waals surface area (Å²) in [7, 11) is 4.50. The SMILES string of the molecule is COc1cc(C(=O)c2ccc(Cl)c(N)c2C)cc(OC)c1OC. The first-order valence-electron chi connectivity index (χ1n) is 6.83. The number of carbonyl (C=O) groups excluding carboxylic acids is 1. The van der Waals surface area contributed by atoms with Crippen molar-refractivity contribution in [2.75, 3.05) is 27.1 Å². The fraction of sp³-hybridized carbons (Fsp3) is 0.235. The van der Waals surface area contributed by atoms with Crippen LogP contribution in [0.3, 0.4) is 0 Å². The zero-order valence-electron chi connectivity index (χ0n) is 13.4. The number of benzene rings is 2.